The van der Waals surface area contributed by atoms with Crippen molar-refractivity contribution < 1.29 is 14.6 Å². The Balaban J connectivity index is 0.00000341. The van der Waals surface area contributed by atoms with E-state index >= 15 is 0 Å². The third kappa shape index (κ3) is 7.55. The van der Waals surface area contributed by atoms with Crippen LogP contribution in [0.25, 0.3) is 0 Å². The Hall–Kier alpha value is -2.04. The van der Waals surface area contributed by atoms with E-state index in [2.05, 4.69) is 33.4 Å². The molecule has 0 spiro atoms. The van der Waals surface area contributed by atoms with Gasteiger partial charge in [0.1, 0.15) is 0 Å². The molecule has 4 N–H and O–H groups in total. The van der Waals surface area contributed by atoms with Crippen LogP contribution in [0.3, 0.4) is 0 Å². The maximum Gasteiger partial charge on any atom is 0.189 e. The summed E-state index contributed by atoms with van der Waals surface area (Å²) in [6.45, 7) is 3.81. The number of aliphatic imine (C=N–C) groups is 1. The Morgan fingerprint density at radius 1 is 1.10 bits per heavy atom. The first-order chi connectivity index (χ1) is 14.6. The predicted octanol–water partition coefficient (Wildman–Crippen LogP) is 2.88. The molecule has 0 aromatic heterocycles. The summed E-state index contributed by atoms with van der Waals surface area (Å²) in [5.41, 5.74) is 9.56. The quantitative estimate of drug-likeness (QED) is 0.271. The van der Waals surface area contributed by atoms with Crippen LogP contribution in [0.1, 0.15) is 29.5 Å². The molecule has 8 heteroatoms. The fourth-order valence-electron chi connectivity index (χ4n) is 3.60. The number of benzene rings is 2. The summed E-state index contributed by atoms with van der Waals surface area (Å²) < 4.78 is 10.6. The van der Waals surface area contributed by atoms with Gasteiger partial charge in [0.05, 0.1) is 26.9 Å². The number of nitrogens with one attached hydrogen (secondary N) is 1. The molecular formula is C23H33IN4O3. The van der Waals surface area contributed by atoms with Crippen molar-refractivity contribution >= 4 is 29.9 Å². The standard InChI is InChI=1S/C23H32N4O3.HI/c1-29-21-8-7-17(13-22(21)30-2)14-25-23(24)26-15-18-5-3-4-6-19(18)16-27-11-9-20(28)10-12-27;/h3-8,13,20,28H,9-12,14-16H2,1-2H3,(H3,24,25,26);1H. The van der Waals surface area contributed by atoms with E-state index in [4.69, 9.17) is 15.2 Å². The number of nitrogens with zero attached hydrogens (tertiary/aromatic N) is 2. The van der Waals surface area contributed by atoms with Gasteiger partial charge in [-0.2, -0.15) is 0 Å². The van der Waals surface area contributed by atoms with Crippen LogP contribution in [0.5, 0.6) is 11.5 Å². The third-order valence-corrected chi connectivity index (χ3v) is 5.41. The first kappa shape index (κ1) is 25.2. The first-order valence-electron chi connectivity index (χ1n) is 10.3. The molecule has 170 valence electrons. The van der Waals surface area contributed by atoms with Crippen molar-refractivity contribution in [2.75, 3.05) is 27.3 Å². The van der Waals surface area contributed by atoms with Crippen molar-refractivity contribution in [2.45, 2.75) is 38.6 Å². The second-order valence-electron chi connectivity index (χ2n) is 7.52. The topological polar surface area (TPSA) is 92.3 Å². The number of hydrogen-bond acceptors (Lipinski definition) is 5. The predicted molar refractivity (Wildman–Crippen MR) is 134 cm³/mol. The van der Waals surface area contributed by atoms with Crippen molar-refractivity contribution in [3.63, 3.8) is 0 Å². The van der Waals surface area contributed by atoms with Gasteiger partial charge in [0, 0.05) is 26.2 Å². The second kappa shape index (κ2) is 12.7. The maximum atomic E-state index is 9.70. The molecule has 0 bridgehead atoms. The Bertz CT molecular complexity index is 854. The van der Waals surface area contributed by atoms with Gasteiger partial charge in [0.2, 0.25) is 0 Å². The number of ether oxygens (including phenoxy) is 2. The zero-order valence-electron chi connectivity index (χ0n) is 18.2. The Kier molecular flexibility index (Phi) is 10.4. The summed E-state index contributed by atoms with van der Waals surface area (Å²) in [6.07, 6.45) is 1.53. The molecule has 0 atom stereocenters. The lowest BCUT2D eigenvalue weighted by Gasteiger charge is -2.30. The molecule has 0 saturated carbocycles. The van der Waals surface area contributed by atoms with Crippen LogP contribution in [0.15, 0.2) is 47.5 Å². The molecule has 2 aromatic carbocycles. The van der Waals surface area contributed by atoms with E-state index in [0.717, 1.165) is 38.0 Å². The zero-order valence-corrected chi connectivity index (χ0v) is 20.5. The minimum absolute atomic E-state index is 0. The summed E-state index contributed by atoms with van der Waals surface area (Å²) in [5.74, 6) is 1.77. The number of aliphatic hydroxyl groups excluding tert-OH is 1. The normalized spacial score (nSPS) is 15.3. The number of aliphatic hydroxyl groups is 1. The van der Waals surface area contributed by atoms with E-state index in [9.17, 15) is 5.11 Å². The summed E-state index contributed by atoms with van der Waals surface area (Å²) in [4.78, 5) is 6.83. The highest BCUT2D eigenvalue weighted by Gasteiger charge is 2.17. The van der Waals surface area contributed by atoms with Crippen molar-refractivity contribution in [3.8, 4) is 11.5 Å². The molecular weight excluding hydrogens is 507 g/mol. The highest BCUT2D eigenvalue weighted by molar-refractivity contribution is 14.0. The molecule has 0 amide bonds. The minimum atomic E-state index is -0.153. The van der Waals surface area contributed by atoms with Gasteiger partial charge in [-0.1, -0.05) is 30.3 Å². The highest BCUT2D eigenvalue weighted by atomic mass is 127. The van der Waals surface area contributed by atoms with E-state index < -0.39 is 0 Å². The van der Waals surface area contributed by atoms with Gasteiger partial charge in [0.15, 0.2) is 17.5 Å². The molecule has 7 nitrogen and oxygen atoms in total. The molecule has 1 fully saturated rings. The fourth-order valence-corrected chi connectivity index (χ4v) is 3.60. The third-order valence-electron chi connectivity index (χ3n) is 5.41. The molecule has 31 heavy (non-hydrogen) atoms. The summed E-state index contributed by atoms with van der Waals surface area (Å²) >= 11 is 0. The number of rotatable bonds is 8. The summed E-state index contributed by atoms with van der Waals surface area (Å²) in [6, 6.07) is 14.1. The summed E-state index contributed by atoms with van der Waals surface area (Å²) in [7, 11) is 3.23. The van der Waals surface area contributed by atoms with Crippen molar-refractivity contribution in [1.29, 1.82) is 0 Å². The molecule has 1 saturated heterocycles. The van der Waals surface area contributed by atoms with Gasteiger partial charge in [-0.3, -0.25) is 4.90 Å². The largest absolute Gasteiger partial charge is 0.493 e. The molecule has 1 heterocycles. The lowest BCUT2D eigenvalue weighted by atomic mass is 10.0. The zero-order chi connectivity index (χ0) is 21.3. The smallest absolute Gasteiger partial charge is 0.189 e. The van der Waals surface area contributed by atoms with E-state index in [1.54, 1.807) is 14.2 Å². The van der Waals surface area contributed by atoms with Gasteiger partial charge in [-0.25, -0.2) is 4.99 Å². The van der Waals surface area contributed by atoms with Crippen LogP contribution in [0, 0.1) is 0 Å². The molecule has 0 unspecified atom stereocenters. The van der Waals surface area contributed by atoms with Gasteiger partial charge < -0.3 is 25.6 Å². The average Bonchev–Trinajstić information content (AvgIpc) is 2.78. The van der Waals surface area contributed by atoms with E-state index in [0.29, 0.717) is 30.5 Å². The molecule has 2 aromatic rings. The molecule has 0 radical (unpaired) electrons. The number of nitrogens with two attached hydrogens (primary N) is 1. The second-order valence-corrected chi connectivity index (χ2v) is 7.52. The minimum Gasteiger partial charge on any atom is -0.493 e. The number of likely N-dealkylation sites (tertiary alicyclic amines) is 1. The van der Waals surface area contributed by atoms with Crippen molar-refractivity contribution in [1.82, 2.24) is 10.2 Å². The van der Waals surface area contributed by atoms with E-state index in [-0.39, 0.29) is 30.1 Å². The average molecular weight is 540 g/mol. The van der Waals surface area contributed by atoms with Gasteiger partial charge in [0.25, 0.3) is 0 Å². The Labute approximate surface area is 201 Å². The van der Waals surface area contributed by atoms with E-state index in [1.165, 1.54) is 11.1 Å². The van der Waals surface area contributed by atoms with Crippen LogP contribution in [0.2, 0.25) is 0 Å². The number of hydrogen-bond donors (Lipinski definition) is 3. The van der Waals surface area contributed by atoms with Crippen LogP contribution in [0.4, 0.5) is 0 Å². The van der Waals surface area contributed by atoms with Crippen LogP contribution >= 0.6 is 24.0 Å². The molecule has 0 aliphatic carbocycles. The lowest BCUT2D eigenvalue weighted by molar-refractivity contribution is 0.0791. The Morgan fingerprint density at radius 2 is 1.77 bits per heavy atom. The summed E-state index contributed by atoms with van der Waals surface area (Å²) in [5, 5.41) is 12.9. The SMILES string of the molecule is COc1ccc(CN=C(N)NCc2ccccc2CN2CCC(O)CC2)cc1OC.I. The number of halogens is 1. The highest BCUT2D eigenvalue weighted by Crippen LogP contribution is 2.27. The number of guanidine groups is 1. The number of methoxy groups -OCH3 is 2. The van der Waals surface area contributed by atoms with Gasteiger partial charge >= 0.3 is 0 Å². The van der Waals surface area contributed by atoms with Crippen LogP contribution < -0.4 is 20.5 Å². The molecule has 1 aliphatic heterocycles. The van der Waals surface area contributed by atoms with Crippen molar-refractivity contribution in [3.05, 3.63) is 59.2 Å². The van der Waals surface area contributed by atoms with Gasteiger partial charge in [-0.05, 0) is 41.7 Å². The first-order valence-corrected chi connectivity index (χ1v) is 10.3. The van der Waals surface area contributed by atoms with E-state index in [1.807, 2.05) is 24.3 Å². The number of piperidine rings is 1. The van der Waals surface area contributed by atoms with Crippen LogP contribution in [-0.2, 0) is 19.6 Å². The fraction of sp³-hybridized carbons (Fsp3) is 0.435. The van der Waals surface area contributed by atoms with Crippen molar-refractivity contribution in [2.24, 2.45) is 10.7 Å². The monoisotopic (exact) mass is 540 g/mol. The van der Waals surface area contributed by atoms with Gasteiger partial charge in [-0.15, -0.1) is 24.0 Å². The lowest BCUT2D eigenvalue weighted by Crippen LogP contribution is -2.36. The maximum absolute atomic E-state index is 9.70. The molecule has 1 aliphatic rings. The Morgan fingerprint density at radius 3 is 2.45 bits per heavy atom. The molecule has 3 rings (SSSR count). The van der Waals surface area contributed by atoms with Crippen LogP contribution in [-0.4, -0.2) is 49.4 Å².